The van der Waals surface area contributed by atoms with Crippen molar-refractivity contribution in [2.45, 2.75) is 25.7 Å². The molecule has 1 atom stereocenters. The molecule has 0 fully saturated rings. The number of halogens is 3. The molecule has 0 amide bonds. The fourth-order valence-electron chi connectivity index (χ4n) is 2.54. The molecule has 25 heavy (non-hydrogen) atoms. The molecule has 0 aliphatic carbocycles. The maximum absolute atomic E-state index is 12.6. The molecule has 0 bridgehead atoms. The second-order valence-corrected chi connectivity index (χ2v) is 5.81. The molecule has 2 aromatic heterocycles. The van der Waals surface area contributed by atoms with Crippen LogP contribution in [0.4, 0.5) is 13.2 Å². The van der Waals surface area contributed by atoms with Crippen LogP contribution in [0.3, 0.4) is 0 Å². The van der Waals surface area contributed by atoms with E-state index >= 15 is 0 Å². The van der Waals surface area contributed by atoms with Gasteiger partial charge in [-0.15, -0.1) is 0 Å². The topological polar surface area (TPSA) is 47.7 Å². The first-order chi connectivity index (χ1) is 11.8. The molecule has 0 saturated carbocycles. The van der Waals surface area contributed by atoms with Crippen molar-refractivity contribution in [3.8, 4) is 5.69 Å². The summed E-state index contributed by atoms with van der Waals surface area (Å²) in [6.07, 6.45) is 0.513. The number of hydrogen-bond acceptors (Lipinski definition) is 3. The summed E-state index contributed by atoms with van der Waals surface area (Å²) < 4.78 is 41.0. The van der Waals surface area contributed by atoms with E-state index in [4.69, 9.17) is 0 Å². The standard InChI is InChI=1S/C17H18F3N5/c1-12(16-21-8-10-24(16)2)22-11-13-3-5-14(6-4-13)25-9-7-15(23-25)17(18,19)20/h3-10,12,22H,11H2,1-2H3. The van der Waals surface area contributed by atoms with Crippen LogP contribution >= 0.6 is 0 Å². The van der Waals surface area contributed by atoms with Gasteiger partial charge in [0.1, 0.15) is 5.82 Å². The molecule has 1 N–H and O–H groups in total. The van der Waals surface area contributed by atoms with E-state index < -0.39 is 11.9 Å². The third-order valence-electron chi connectivity index (χ3n) is 3.94. The molecule has 2 heterocycles. The van der Waals surface area contributed by atoms with Gasteiger partial charge in [-0.1, -0.05) is 12.1 Å². The first-order valence-electron chi connectivity index (χ1n) is 7.77. The minimum Gasteiger partial charge on any atom is -0.337 e. The van der Waals surface area contributed by atoms with Gasteiger partial charge in [-0.05, 0) is 30.7 Å². The zero-order valence-corrected chi connectivity index (χ0v) is 13.8. The van der Waals surface area contributed by atoms with Crippen LogP contribution in [0.2, 0.25) is 0 Å². The minimum absolute atomic E-state index is 0.0835. The molecule has 0 radical (unpaired) electrons. The number of aromatic nitrogens is 4. The molecule has 8 heteroatoms. The van der Waals surface area contributed by atoms with E-state index in [1.165, 1.54) is 10.9 Å². The highest BCUT2D eigenvalue weighted by Gasteiger charge is 2.33. The van der Waals surface area contributed by atoms with Gasteiger partial charge in [-0.25, -0.2) is 9.67 Å². The summed E-state index contributed by atoms with van der Waals surface area (Å²) in [4.78, 5) is 4.30. The van der Waals surface area contributed by atoms with E-state index in [0.29, 0.717) is 12.2 Å². The lowest BCUT2D eigenvalue weighted by molar-refractivity contribution is -0.141. The number of nitrogens with one attached hydrogen (secondary N) is 1. The largest absolute Gasteiger partial charge is 0.435 e. The summed E-state index contributed by atoms with van der Waals surface area (Å²) in [5.74, 6) is 0.938. The summed E-state index contributed by atoms with van der Waals surface area (Å²) in [6, 6.07) is 8.26. The van der Waals surface area contributed by atoms with Gasteiger partial charge < -0.3 is 9.88 Å². The summed E-state index contributed by atoms with van der Waals surface area (Å²) in [6.45, 7) is 2.65. The molecule has 1 unspecified atom stereocenters. The van der Waals surface area contributed by atoms with Crippen LogP contribution in [0.5, 0.6) is 0 Å². The van der Waals surface area contributed by atoms with Crippen LogP contribution in [0.1, 0.15) is 30.0 Å². The average molecular weight is 349 g/mol. The number of aryl methyl sites for hydroxylation is 1. The minimum atomic E-state index is -4.43. The molecular weight excluding hydrogens is 331 g/mol. The van der Waals surface area contributed by atoms with Crippen LogP contribution in [0, 0.1) is 0 Å². The van der Waals surface area contributed by atoms with Crippen LogP contribution in [-0.2, 0) is 19.8 Å². The highest BCUT2D eigenvalue weighted by molar-refractivity contribution is 5.34. The van der Waals surface area contributed by atoms with Crippen LogP contribution in [0.15, 0.2) is 48.9 Å². The number of rotatable bonds is 5. The van der Waals surface area contributed by atoms with Crippen molar-refractivity contribution in [1.29, 1.82) is 0 Å². The maximum Gasteiger partial charge on any atom is 0.435 e. The summed E-state index contributed by atoms with van der Waals surface area (Å²) in [7, 11) is 1.94. The predicted molar refractivity (Wildman–Crippen MR) is 87.0 cm³/mol. The Hall–Kier alpha value is -2.61. The summed E-state index contributed by atoms with van der Waals surface area (Å²) in [5, 5.41) is 6.93. The van der Waals surface area contributed by atoms with Crippen molar-refractivity contribution < 1.29 is 13.2 Å². The Bertz CT molecular complexity index is 833. The van der Waals surface area contributed by atoms with Crippen molar-refractivity contribution in [2.24, 2.45) is 7.05 Å². The number of benzene rings is 1. The Balaban J connectivity index is 1.64. The molecule has 1 aromatic carbocycles. The molecule has 0 spiro atoms. The normalized spacial score (nSPS) is 13.2. The van der Waals surface area contributed by atoms with Gasteiger partial charge in [0.05, 0.1) is 11.7 Å². The van der Waals surface area contributed by atoms with Gasteiger partial charge in [-0.3, -0.25) is 0 Å². The lowest BCUT2D eigenvalue weighted by Gasteiger charge is -2.14. The zero-order valence-electron chi connectivity index (χ0n) is 13.8. The zero-order chi connectivity index (χ0) is 18.0. The number of alkyl halides is 3. The first kappa shape index (κ1) is 17.2. The van der Waals surface area contributed by atoms with Gasteiger partial charge in [0.25, 0.3) is 0 Å². The fraction of sp³-hybridized carbons (Fsp3) is 0.294. The number of imidazole rings is 1. The molecule has 0 aliphatic rings. The van der Waals surface area contributed by atoms with E-state index in [9.17, 15) is 13.2 Å². The van der Waals surface area contributed by atoms with Crippen molar-refractivity contribution in [3.63, 3.8) is 0 Å². The van der Waals surface area contributed by atoms with E-state index in [0.717, 1.165) is 17.5 Å². The summed E-state index contributed by atoms with van der Waals surface area (Å²) in [5.41, 5.74) is 0.701. The Labute approximate surface area is 143 Å². The molecule has 0 saturated heterocycles. The number of nitrogens with zero attached hydrogens (tertiary/aromatic N) is 4. The summed E-state index contributed by atoms with van der Waals surface area (Å²) >= 11 is 0. The highest BCUT2D eigenvalue weighted by atomic mass is 19.4. The third-order valence-corrected chi connectivity index (χ3v) is 3.94. The Morgan fingerprint density at radius 2 is 1.84 bits per heavy atom. The van der Waals surface area contributed by atoms with Gasteiger partial charge in [-0.2, -0.15) is 18.3 Å². The fourth-order valence-corrected chi connectivity index (χ4v) is 2.54. The SMILES string of the molecule is CC(NCc1ccc(-n2ccc(C(F)(F)F)n2)cc1)c1nccn1C. The quantitative estimate of drug-likeness (QED) is 0.767. The second kappa shape index (κ2) is 6.72. The molecule has 132 valence electrons. The van der Waals surface area contributed by atoms with Crippen molar-refractivity contribution in [3.05, 3.63) is 66.0 Å². The molecule has 5 nitrogen and oxygen atoms in total. The first-order valence-corrected chi connectivity index (χ1v) is 7.77. The van der Waals surface area contributed by atoms with Gasteiger partial charge in [0.2, 0.25) is 0 Å². The maximum atomic E-state index is 12.6. The van der Waals surface area contributed by atoms with E-state index in [2.05, 4.69) is 15.4 Å². The lowest BCUT2D eigenvalue weighted by atomic mass is 10.2. The monoisotopic (exact) mass is 349 g/mol. The molecule has 3 aromatic rings. The molecule has 0 aliphatic heterocycles. The van der Waals surface area contributed by atoms with Crippen molar-refractivity contribution in [1.82, 2.24) is 24.6 Å². The number of hydrogen-bond donors (Lipinski definition) is 1. The highest BCUT2D eigenvalue weighted by Crippen LogP contribution is 2.27. The van der Waals surface area contributed by atoms with E-state index in [1.54, 1.807) is 18.3 Å². The predicted octanol–water partition coefficient (Wildman–Crippen LogP) is 3.48. The van der Waals surface area contributed by atoms with Crippen LogP contribution in [0.25, 0.3) is 5.69 Å². The van der Waals surface area contributed by atoms with E-state index in [1.807, 2.05) is 36.9 Å². The lowest BCUT2D eigenvalue weighted by Crippen LogP contribution is -2.21. The average Bonchev–Trinajstić information content (AvgIpc) is 3.22. The van der Waals surface area contributed by atoms with Crippen molar-refractivity contribution >= 4 is 0 Å². The third kappa shape index (κ3) is 3.90. The van der Waals surface area contributed by atoms with Gasteiger partial charge in [0, 0.05) is 32.2 Å². The Morgan fingerprint density at radius 1 is 1.12 bits per heavy atom. The Kier molecular flexibility index (Phi) is 4.63. The van der Waals surface area contributed by atoms with Crippen LogP contribution in [-0.4, -0.2) is 19.3 Å². The smallest absolute Gasteiger partial charge is 0.337 e. The van der Waals surface area contributed by atoms with Gasteiger partial charge >= 0.3 is 6.18 Å². The van der Waals surface area contributed by atoms with E-state index in [-0.39, 0.29) is 6.04 Å². The van der Waals surface area contributed by atoms with Crippen LogP contribution < -0.4 is 5.32 Å². The van der Waals surface area contributed by atoms with Crippen molar-refractivity contribution in [2.75, 3.05) is 0 Å². The Morgan fingerprint density at radius 3 is 2.40 bits per heavy atom. The second-order valence-electron chi connectivity index (χ2n) is 5.81. The molecular formula is C17H18F3N5. The van der Waals surface area contributed by atoms with Gasteiger partial charge in [0.15, 0.2) is 5.69 Å². The molecule has 3 rings (SSSR count).